The van der Waals surface area contributed by atoms with Crippen LogP contribution in [0.4, 0.5) is 5.95 Å². The quantitative estimate of drug-likeness (QED) is 0.271. The Balaban J connectivity index is 1.37. The molecule has 0 saturated carbocycles. The highest BCUT2D eigenvalue weighted by molar-refractivity contribution is 7.90. The summed E-state index contributed by atoms with van der Waals surface area (Å²) in [5.41, 5.74) is 2.67. The van der Waals surface area contributed by atoms with Gasteiger partial charge in [0.1, 0.15) is 0 Å². The molecule has 0 unspecified atom stereocenters. The van der Waals surface area contributed by atoms with Crippen molar-refractivity contribution in [2.24, 2.45) is 5.92 Å². The average Bonchev–Trinajstić information content (AvgIpc) is 2.94. The molecule has 3 aromatic carbocycles. The van der Waals surface area contributed by atoms with E-state index in [2.05, 4.69) is 38.9 Å². The average molecular weight is 596 g/mol. The van der Waals surface area contributed by atoms with Gasteiger partial charge < -0.3 is 4.90 Å². The number of carbonyl (C=O) groups is 1. The highest BCUT2D eigenvalue weighted by Gasteiger charge is 2.25. The first-order chi connectivity index (χ1) is 19.3. The van der Waals surface area contributed by atoms with Crippen molar-refractivity contribution in [3.05, 3.63) is 117 Å². The van der Waals surface area contributed by atoms with Crippen LogP contribution in [0, 0.1) is 5.92 Å². The molecule has 1 aliphatic heterocycles. The molecular formula is C30H28Cl2N4O3S. The molecule has 7 nitrogen and oxygen atoms in total. The molecule has 10 heteroatoms. The molecule has 1 saturated heterocycles. The third-order valence-electron chi connectivity index (χ3n) is 6.96. The zero-order valence-corrected chi connectivity index (χ0v) is 24.0. The summed E-state index contributed by atoms with van der Waals surface area (Å²) in [4.78, 5) is 24.5. The molecule has 40 heavy (non-hydrogen) atoms. The lowest BCUT2D eigenvalue weighted by Gasteiger charge is -2.32. The van der Waals surface area contributed by atoms with Crippen LogP contribution in [-0.2, 0) is 22.9 Å². The maximum absolute atomic E-state index is 13.3. The number of anilines is 1. The summed E-state index contributed by atoms with van der Waals surface area (Å²) in [6.45, 7) is 1.59. The van der Waals surface area contributed by atoms with Crippen molar-refractivity contribution in [2.45, 2.75) is 30.6 Å². The minimum Gasteiger partial charge on any atom is -0.341 e. The van der Waals surface area contributed by atoms with Gasteiger partial charge in [-0.1, -0.05) is 71.7 Å². The van der Waals surface area contributed by atoms with Crippen molar-refractivity contribution < 1.29 is 13.2 Å². The molecule has 1 N–H and O–H groups in total. The molecular weight excluding hydrogens is 567 g/mol. The SMILES string of the molecule is O=C(NS(=O)(=O)c1cccc(Cl)c1)c1cnc(N2CCC(Cc3ccccc3)CC2)nc1Cc1cccc(Cl)c1. The van der Waals surface area contributed by atoms with E-state index in [0.717, 1.165) is 37.9 Å². The zero-order chi connectivity index (χ0) is 28.1. The maximum Gasteiger partial charge on any atom is 0.268 e. The number of hydrogen-bond acceptors (Lipinski definition) is 6. The number of nitrogens with zero attached hydrogens (tertiary/aromatic N) is 3. The van der Waals surface area contributed by atoms with E-state index in [1.165, 1.54) is 30.0 Å². The smallest absolute Gasteiger partial charge is 0.268 e. The third-order valence-corrected chi connectivity index (χ3v) is 8.76. The van der Waals surface area contributed by atoms with Crippen molar-refractivity contribution in [1.82, 2.24) is 14.7 Å². The van der Waals surface area contributed by atoms with Gasteiger partial charge in [0, 0.05) is 35.8 Å². The second kappa shape index (κ2) is 12.4. The number of hydrogen-bond donors (Lipinski definition) is 1. The van der Waals surface area contributed by atoms with Crippen LogP contribution in [0.3, 0.4) is 0 Å². The Labute approximate surface area is 244 Å². The Morgan fingerprint density at radius 3 is 2.27 bits per heavy atom. The molecule has 0 atom stereocenters. The van der Waals surface area contributed by atoms with E-state index in [1.54, 1.807) is 18.2 Å². The van der Waals surface area contributed by atoms with Crippen LogP contribution >= 0.6 is 23.2 Å². The first-order valence-electron chi connectivity index (χ1n) is 13.0. The van der Waals surface area contributed by atoms with Gasteiger partial charge in [-0.15, -0.1) is 0 Å². The topological polar surface area (TPSA) is 92.3 Å². The summed E-state index contributed by atoms with van der Waals surface area (Å²) in [6.07, 6.45) is 4.72. The van der Waals surface area contributed by atoms with Gasteiger partial charge in [0.15, 0.2) is 0 Å². The molecule has 0 spiro atoms. The molecule has 5 rings (SSSR count). The van der Waals surface area contributed by atoms with Gasteiger partial charge in [-0.2, -0.15) is 0 Å². The summed E-state index contributed by atoms with van der Waals surface area (Å²) in [7, 11) is -4.16. The number of halogens is 2. The van der Waals surface area contributed by atoms with Crippen molar-refractivity contribution in [3.63, 3.8) is 0 Å². The summed E-state index contributed by atoms with van der Waals surface area (Å²) in [6, 6.07) is 23.5. The lowest BCUT2D eigenvalue weighted by molar-refractivity contribution is 0.0980. The molecule has 2 heterocycles. The lowest BCUT2D eigenvalue weighted by atomic mass is 9.90. The van der Waals surface area contributed by atoms with E-state index < -0.39 is 15.9 Å². The lowest BCUT2D eigenvalue weighted by Crippen LogP contribution is -2.36. The minimum atomic E-state index is -4.16. The molecule has 1 aliphatic rings. The fourth-order valence-electron chi connectivity index (χ4n) is 4.88. The third kappa shape index (κ3) is 6.99. The van der Waals surface area contributed by atoms with Gasteiger partial charge in [-0.25, -0.2) is 23.1 Å². The zero-order valence-electron chi connectivity index (χ0n) is 21.6. The van der Waals surface area contributed by atoms with E-state index in [9.17, 15) is 13.2 Å². The van der Waals surface area contributed by atoms with Crippen LogP contribution in [0.5, 0.6) is 0 Å². The molecule has 1 amide bonds. The second-order valence-corrected chi connectivity index (χ2v) is 12.4. The first-order valence-corrected chi connectivity index (χ1v) is 15.2. The van der Waals surface area contributed by atoms with E-state index in [4.69, 9.17) is 28.2 Å². The normalized spacial score (nSPS) is 14.2. The number of amides is 1. The molecule has 1 aromatic heterocycles. The Hall–Kier alpha value is -3.46. The second-order valence-electron chi connectivity index (χ2n) is 9.85. The molecule has 1 fully saturated rings. The fraction of sp³-hybridized carbons (Fsp3) is 0.233. The number of benzene rings is 3. The van der Waals surface area contributed by atoms with Gasteiger partial charge in [0.05, 0.1) is 16.2 Å². The highest BCUT2D eigenvalue weighted by atomic mass is 35.5. The van der Waals surface area contributed by atoms with Crippen molar-refractivity contribution in [2.75, 3.05) is 18.0 Å². The molecule has 206 valence electrons. The van der Waals surface area contributed by atoms with E-state index >= 15 is 0 Å². The van der Waals surface area contributed by atoms with Gasteiger partial charge in [-0.05, 0) is 66.6 Å². The van der Waals surface area contributed by atoms with E-state index in [-0.39, 0.29) is 21.9 Å². The minimum absolute atomic E-state index is 0.0771. The number of nitrogens with one attached hydrogen (secondary N) is 1. The Kier molecular flexibility index (Phi) is 8.69. The van der Waals surface area contributed by atoms with Crippen LogP contribution < -0.4 is 9.62 Å². The summed E-state index contributed by atoms with van der Waals surface area (Å²) in [5, 5.41) is 0.805. The number of aromatic nitrogens is 2. The van der Waals surface area contributed by atoms with Crippen molar-refractivity contribution in [1.29, 1.82) is 0 Å². The van der Waals surface area contributed by atoms with E-state index in [1.807, 2.05) is 18.2 Å². The van der Waals surface area contributed by atoms with Crippen LogP contribution in [-0.4, -0.2) is 37.4 Å². The standard InChI is InChI=1S/C30H28Cl2N4O3S/c31-24-9-4-8-23(17-24)18-28-27(29(37)35-40(38,39)26-11-5-10-25(32)19-26)20-33-30(34-28)36-14-12-22(13-15-36)16-21-6-2-1-3-7-21/h1-11,17,19-20,22H,12-16,18H2,(H,35,37). The Morgan fingerprint density at radius 2 is 1.57 bits per heavy atom. The number of piperidine rings is 1. The van der Waals surface area contributed by atoms with Gasteiger partial charge in [-0.3, -0.25) is 4.79 Å². The van der Waals surface area contributed by atoms with Gasteiger partial charge in [0.25, 0.3) is 15.9 Å². The van der Waals surface area contributed by atoms with Crippen LogP contribution in [0.15, 0.2) is 90.0 Å². The molecule has 0 radical (unpaired) electrons. The summed E-state index contributed by atoms with van der Waals surface area (Å²) < 4.78 is 27.9. The highest BCUT2D eigenvalue weighted by Crippen LogP contribution is 2.26. The number of sulfonamides is 1. The Bertz CT molecular complexity index is 1610. The largest absolute Gasteiger partial charge is 0.341 e. The molecule has 0 bridgehead atoms. The van der Waals surface area contributed by atoms with E-state index in [0.29, 0.717) is 22.6 Å². The Morgan fingerprint density at radius 1 is 0.900 bits per heavy atom. The number of rotatable bonds is 8. The van der Waals surface area contributed by atoms with Crippen LogP contribution in [0.25, 0.3) is 0 Å². The van der Waals surface area contributed by atoms with Gasteiger partial charge in [0.2, 0.25) is 5.95 Å². The monoisotopic (exact) mass is 594 g/mol. The summed E-state index contributed by atoms with van der Waals surface area (Å²) >= 11 is 12.2. The van der Waals surface area contributed by atoms with Crippen molar-refractivity contribution >= 4 is 45.1 Å². The van der Waals surface area contributed by atoms with Gasteiger partial charge >= 0.3 is 0 Å². The maximum atomic E-state index is 13.3. The first kappa shape index (κ1) is 28.1. The predicted octanol–water partition coefficient (Wildman–Crippen LogP) is 5.95. The predicted molar refractivity (Wildman–Crippen MR) is 157 cm³/mol. The van der Waals surface area contributed by atoms with Crippen LogP contribution in [0.1, 0.15) is 40.0 Å². The fourth-order valence-corrected chi connectivity index (χ4v) is 6.36. The van der Waals surface area contributed by atoms with Crippen LogP contribution in [0.2, 0.25) is 10.0 Å². The molecule has 4 aromatic rings. The molecule has 0 aliphatic carbocycles. The number of carbonyl (C=O) groups excluding carboxylic acids is 1. The summed E-state index contributed by atoms with van der Waals surface area (Å²) in [5.74, 6) is 0.279. The van der Waals surface area contributed by atoms with Crippen molar-refractivity contribution in [3.8, 4) is 0 Å².